The molecule has 0 amide bonds. The van der Waals surface area contributed by atoms with Gasteiger partial charge in [-0.25, -0.2) is 8.78 Å². The maximum absolute atomic E-state index is 13.7. The molecular formula is C16H16F2IN. The summed E-state index contributed by atoms with van der Waals surface area (Å²) in [4.78, 5) is 0. The summed E-state index contributed by atoms with van der Waals surface area (Å²) in [6.45, 7) is 3.75. The third kappa shape index (κ3) is 3.55. The molecule has 1 nitrogen and oxygen atoms in total. The molecule has 0 saturated carbocycles. The van der Waals surface area contributed by atoms with Crippen molar-refractivity contribution < 1.29 is 8.78 Å². The Labute approximate surface area is 131 Å². The smallest absolute Gasteiger partial charge is 0.130 e. The van der Waals surface area contributed by atoms with E-state index in [-0.39, 0.29) is 11.6 Å². The van der Waals surface area contributed by atoms with Crippen LogP contribution in [0.3, 0.4) is 0 Å². The topological polar surface area (TPSA) is 12.0 Å². The molecule has 0 spiro atoms. The highest BCUT2D eigenvalue weighted by molar-refractivity contribution is 14.1. The molecule has 0 radical (unpaired) electrons. The number of nitrogens with one attached hydrogen (secondary N) is 1. The SMILES string of the molecule is CC(NC(C)c1c(F)cccc1F)c1ccc(I)cc1. The van der Waals surface area contributed by atoms with Gasteiger partial charge in [0.15, 0.2) is 0 Å². The first-order valence-corrected chi connectivity index (χ1v) is 7.52. The summed E-state index contributed by atoms with van der Waals surface area (Å²) in [6.07, 6.45) is 0. The standard InChI is InChI=1S/C16H16F2IN/c1-10(12-6-8-13(19)9-7-12)20-11(2)16-14(17)4-3-5-15(16)18/h3-11,20H,1-2H3. The Balaban J connectivity index is 2.15. The van der Waals surface area contributed by atoms with Gasteiger partial charge in [0.1, 0.15) is 11.6 Å². The van der Waals surface area contributed by atoms with Crippen LogP contribution in [0.4, 0.5) is 8.78 Å². The molecule has 2 aromatic rings. The molecule has 2 atom stereocenters. The molecule has 0 heterocycles. The van der Waals surface area contributed by atoms with Gasteiger partial charge in [-0.3, -0.25) is 0 Å². The molecule has 20 heavy (non-hydrogen) atoms. The molecule has 4 heteroatoms. The molecule has 0 aliphatic carbocycles. The van der Waals surface area contributed by atoms with Crippen molar-refractivity contribution in [3.05, 3.63) is 68.8 Å². The highest BCUT2D eigenvalue weighted by Gasteiger charge is 2.18. The van der Waals surface area contributed by atoms with Crippen molar-refractivity contribution in [3.8, 4) is 0 Å². The van der Waals surface area contributed by atoms with E-state index in [1.807, 2.05) is 31.2 Å². The van der Waals surface area contributed by atoms with E-state index in [2.05, 4.69) is 27.9 Å². The van der Waals surface area contributed by atoms with Gasteiger partial charge in [-0.2, -0.15) is 0 Å². The molecule has 0 saturated heterocycles. The lowest BCUT2D eigenvalue weighted by atomic mass is 10.0. The minimum atomic E-state index is -0.514. The van der Waals surface area contributed by atoms with Crippen molar-refractivity contribution in [2.45, 2.75) is 25.9 Å². The summed E-state index contributed by atoms with van der Waals surface area (Å²) in [5.41, 5.74) is 1.18. The van der Waals surface area contributed by atoms with Crippen LogP contribution < -0.4 is 5.32 Å². The van der Waals surface area contributed by atoms with Crippen LogP contribution in [0.5, 0.6) is 0 Å². The average Bonchev–Trinajstić information content (AvgIpc) is 2.39. The summed E-state index contributed by atoms with van der Waals surface area (Å²) in [7, 11) is 0. The van der Waals surface area contributed by atoms with Crippen LogP contribution in [0.2, 0.25) is 0 Å². The lowest BCUT2D eigenvalue weighted by Gasteiger charge is -2.21. The van der Waals surface area contributed by atoms with Crippen molar-refractivity contribution in [2.24, 2.45) is 0 Å². The van der Waals surface area contributed by atoms with Gasteiger partial charge in [-0.1, -0.05) is 18.2 Å². The largest absolute Gasteiger partial charge is 0.303 e. The second-order valence-corrected chi connectivity index (χ2v) is 6.04. The lowest BCUT2D eigenvalue weighted by molar-refractivity contribution is 0.450. The van der Waals surface area contributed by atoms with E-state index in [9.17, 15) is 8.78 Å². The molecule has 2 unspecified atom stereocenters. The molecule has 106 valence electrons. The maximum Gasteiger partial charge on any atom is 0.130 e. The Bertz CT molecular complexity index is 563. The van der Waals surface area contributed by atoms with E-state index >= 15 is 0 Å². The molecule has 1 N–H and O–H groups in total. The van der Waals surface area contributed by atoms with E-state index in [0.29, 0.717) is 0 Å². The van der Waals surface area contributed by atoms with Gasteiger partial charge in [0, 0.05) is 21.2 Å². The number of rotatable bonds is 4. The third-order valence-electron chi connectivity index (χ3n) is 3.30. The number of halogens is 3. The summed E-state index contributed by atoms with van der Waals surface area (Å²) >= 11 is 2.24. The van der Waals surface area contributed by atoms with E-state index in [1.165, 1.54) is 18.2 Å². The number of benzene rings is 2. The molecule has 0 aliphatic rings. The van der Waals surface area contributed by atoms with Crippen LogP contribution in [-0.2, 0) is 0 Å². The molecule has 0 fully saturated rings. The zero-order chi connectivity index (χ0) is 14.7. The maximum atomic E-state index is 13.7. The number of hydrogen-bond donors (Lipinski definition) is 1. The van der Waals surface area contributed by atoms with E-state index in [1.54, 1.807) is 6.92 Å². The summed E-state index contributed by atoms with van der Waals surface area (Å²) < 4.78 is 28.6. The fraction of sp³-hybridized carbons (Fsp3) is 0.250. The molecular weight excluding hydrogens is 371 g/mol. The van der Waals surface area contributed by atoms with Crippen LogP contribution >= 0.6 is 22.6 Å². The van der Waals surface area contributed by atoms with Crippen LogP contribution in [0.1, 0.15) is 37.1 Å². The van der Waals surface area contributed by atoms with E-state index in [4.69, 9.17) is 0 Å². The fourth-order valence-corrected chi connectivity index (χ4v) is 2.59. The molecule has 0 aromatic heterocycles. The van der Waals surface area contributed by atoms with Gasteiger partial charge in [-0.05, 0) is 66.3 Å². The highest BCUT2D eigenvalue weighted by atomic mass is 127. The Hall–Kier alpha value is -1.01. The first kappa shape index (κ1) is 15.4. The van der Waals surface area contributed by atoms with Gasteiger partial charge in [0.05, 0.1) is 0 Å². The van der Waals surface area contributed by atoms with Gasteiger partial charge in [-0.15, -0.1) is 0 Å². The van der Waals surface area contributed by atoms with Crippen molar-refractivity contribution in [1.29, 1.82) is 0 Å². The molecule has 0 bridgehead atoms. The quantitative estimate of drug-likeness (QED) is 0.730. The van der Waals surface area contributed by atoms with Crippen LogP contribution in [0, 0.1) is 15.2 Å². The highest BCUT2D eigenvalue weighted by Crippen LogP contribution is 2.24. The zero-order valence-corrected chi connectivity index (χ0v) is 13.5. The second kappa shape index (κ2) is 6.63. The van der Waals surface area contributed by atoms with Gasteiger partial charge in [0.2, 0.25) is 0 Å². The normalized spacial score (nSPS) is 14.1. The Morgan fingerprint density at radius 2 is 1.45 bits per heavy atom. The van der Waals surface area contributed by atoms with E-state index in [0.717, 1.165) is 9.13 Å². The van der Waals surface area contributed by atoms with E-state index < -0.39 is 17.7 Å². The fourth-order valence-electron chi connectivity index (χ4n) is 2.23. The van der Waals surface area contributed by atoms with Gasteiger partial charge in [0.25, 0.3) is 0 Å². The van der Waals surface area contributed by atoms with Crippen LogP contribution in [0.25, 0.3) is 0 Å². The first-order chi connectivity index (χ1) is 9.49. The minimum Gasteiger partial charge on any atom is -0.303 e. The van der Waals surface area contributed by atoms with Crippen LogP contribution in [-0.4, -0.2) is 0 Å². The van der Waals surface area contributed by atoms with Crippen molar-refractivity contribution >= 4 is 22.6 Å². The van der Waals surface area contributed by atoms with Gasteiger partial charge < -0.3 is 5.32 Å². The Kier molecular flexibility index (Phi) is 5.10. The van der Waals surface area contributed by atoms with Gasteiger partial charge >= 0.3 is 0 Å². The van der Waals surface area contributed by atoms with Crippen LogP contribution in [0.15, 0.2) is 42.5 Å². The van der Waals surface area contributed by atoms with Crippen molar-refractivity contribution in [1.82, 2.24) is 5.32 Å². The first-order valence-electron chi connectivity index (χ1n) is 6.44. The Morgan fingerprint density at radius 1 is 0.900 bits per heavy atom. The minimum absolute atomic E-state index is 0.0148. The zero-order valence-electron chi connectivity index (χ0n) is 11.3. The molecule has 2 rings (SSSR count). The second-order valence-electron chi connectivity index (χ2n) is 4.80. The molecule has 2 aromatic carbocycles. The average molecular weight is 387 g/mol. The molecule has 0 aliphatic heterocycles. The lowest BCUT2D eigenvalue weighted by Crippen LogP contribution is -2.24. The number of hydrogen-bond acceptors (Lipinski definition) is 1. The summed E-state index contributed by atoms with van der Waals surface area (Å²) in [6, 6.07) is 11.6. The van der Waals surface area contributed by atoms with Crippen molar-refractivity contribution in [3.63, 3.8) is 0 Å². The Morgan fingerprint density at radius 3 is 2.00 bits per heavy atom. The third-order valence-corrected chi connectivity index (χ3v) is 4.02. The monoisotopic (exact) mass is 387 g/mol. The summed E-state index contributed by atoms with van der Waals surface area (Å²) in [5.74, 6) is -1.03. The predicted octanol–water partition coefficient (Wildman–Crippen LogP) is 4.98. The summed E-state index contributed by atoms with van der Waals surface area (Å²) in [5, 5.41) is 3.23. The van der Waals surface area contributed by atoms with Crippen molar-refractivity contribution in [2.75, 3.05) is 0 Å². The predicted molar refractivity (Wildman–Crippen MR) is 85.5 cm³/mol.